The van der Waals surface area contributed by atoms with E-state index in [-0.39, 0.29) is 0 Å². The average Bonchev–Trinajstić information content (AvgIpc) is 2.73. The second-order valence-corrected chi connectivity index (χ2v) is 3.77. The summed E-state index contributed by atoms with van der Waals surface area (Å²) in [4.78, 5) is 16.6. The lowest BCUT2D eigenvalue weighted by atomic mass is 10.2. The molecule has 1 aromatic carbocycles. The molecule has 0 spiro atoms. The quantitative estimate of drug-likeness (QED) is 0.728. The zero-order valence-corrected chi connectivity index (χ0v) is 9.77. The monoisotopic (exact) mass is 228 g/mol. The van der Waals surface area contributed by atoms with Crippen LogP contribution < -0.4 is 5.06 Å². The molecule has 0 atom stereocenters. The number of unbranched alkanes of at least 4 members (excludes halogenated alkanes) is 1. The predicted molar refractivity (Wildman–Crippen MR) is 65.7 cm³/mol. The normalized spacial score (nSPS) is 12.6. The minimum atomic E-state index is -0.508. The minimum absolute atomic E-state index is 0.508. The van der Waals surface area contributed by atoms with Crippen molar-refractivity contribution < 1.29 is 9.63 Å². The smallest absolute Gasteiger partial charge is 0.328 e. The third-order valence-electron chi connectivity index (χ3n) is 2.45. The molecule has 0 unspecified atom stereocenters. The first-order valence-corrected chi connectivity index (χ1v) is 5.72. The van der Waals surface area contributed by atoms with Gasteiger partial charge >= 0.3 is 5.97 Å². The lowest BCUT2D eigenvalue weighted by Gasteiger charge is -2.15. The van der Waals surface area contributed by atoms with Crippen molar-refractivity contribution in [3.8, 4) is 11.8 Å². The Morgan fingerprint density at radius 2 is 2.29 bits per heavy atom. The molecule has 1 aliphatic rings. The van der Waals surface area contributed by atoms with E-state index in [9.17, 15) is 4.79 Å². The molecular weight excluding hydrogens is 214 g/mol. The van der Waals surface area contributed by atoms with Crippen LogP contribution in [-0.4, -0.2) is 5.97 Å². The fourth-order valence-electron chi connectivity index (χ4n) is 1.64. The molecule has 0 fully saturated rings. The highest BCUT2D eigenvalue weighted by molar-refractivity contribution is 5.89. The van der Waals surface area contributed by atoms with E-state index in [1.807, 2.05) is 37.7 Å². The van der Waals surface area contributed by atoms with Crippen molar-refractivity contribution in [2.24, 2.45) is 0 Å². The van der Waals surface area contributed by atoms with E-state index in [4.69, 9.17) is 4.84 Å². The van der Waals surface area contributed by atoms with Gasteiger partial charge in [0, 0.05) is 18.8 Å². The number of fused-ring (bicyclic) bond motifs is 1. The van der Waals surface area contributed by atoms with Gasteiger partial charge in [0.05, 0.1) is 12.2 Å². The molecule has 0 saturated heterocycles. The van der Waals surface area contributed by atoms with Gasteiger partial charge in [0.25, 0.3) is 0 Å². The Hall–Kier alpha value is -1.95. The highest BCUT2D eigenvalue weighted by Crippen LogP contribution is 2.29. The van der Waals surface area contributed by atoms with Gasteiger partial charge in [-0.3, -0.25) is 0 Å². The number of nitrogens with zero attached hydrogens (tertiary/aromatic N) is 1. The fraction of sp³-hybridized carbons (Fsp3) is 0.286. The van der Waals surface area contributed by atoms with E-state index in [0.29, 0.717) is 0 Å². The molecule has 0 aliphatic carbocycles. The SMILES string of the molecule is CCCC#CC(=O)ON1[CH]Cc2ccccc21. The Morgan fingerprint density at radius 3 is 3.12 bits per heavy atom. The predicted octanol–water partition coefficient (Wildman–Crippen LogP) is 2.47. The summed E-state index contributed by atoms with van der Waals surface area (Å²) in [6.07, 6.45) is 2.44. The topological polar surface area (TPSA) is 29.5 Å². The standard InChI is InChI=1S/C14H14NO2/c1-2-3-4-9-14(16)17-15-11-10-12-7-5-6-8-13(12)15/h5-8,11H,2-3,10H2,1H3. The summed E-state index contributed by atoms with van der Waals surface area (Å²) in [5.41, 5.74) is 2.07. The number of benzene rings is 1. The van der Waals surface area contributed by atoms with Gasteiger partial charge in [0.15, 0.2) is 0 Å². The summed E-state index contributed by atoms with van der Waals surface area (Å²) >= 11 is 0. The van der Waals surface area contributed by atoms with Crippen LogP contribution in [0.5, 0.6) is 0 Å². The van der Waals surface area contributed by atoms with Gasteiger partial charge in [-0.05, 0) is 18.1 Å². The molecule has 1 heterocycles. The molecular formula is C14H14NO2. The summed E-state index contributed by atoms with van der Waals surface area (Å²) in [7, 11) is 0. The van der Waals surface area contributed by atoms with E-state index < -0.39 is 5.97 Å². The zero-order valence-electron chi connectivity index (χ0n) is 9.77. The number of hydroxylamine groups is 1. The molecule has 0 N–H and O–H groups in total. The number of anilines is 1. The lowest BCUT2D eigenvalue weighted by Crippen LogP contribution is -2.20. The van der Waals surface area contributed by atoms with Crippen LogP contribution in [0, 0.1) is 18.4 Å². The molecule has 17 heavy (non-hydrogen) atoms. The maximum Gasteiger partial charge on any atom is 0.408 e. The Balaban J connectivity index is 1.98. The molecule has 1 aromatic rings. The van der Waals surface area contributed by atoms with Gasteiger partial charge in [0.1, 0.15) is 0 Å². The second kappa shape index (κ2) is 5.40. The molecule has 3 nitrogen and oxygen atoms in total. The van der Waals surface area contributed by atoms with Crippen LogP contribution in [0.2, 0.25) is 0 Å². The van der Waals surface area contributed by atoms with Crippen LogP contribution in [-0.2, 0) is 16.1 Å². The van der Waals surface area contributed by atoms with Crippen LogP contribution in [0.4, 0.5) is 5.69 Å². The molecule has 2 rings (SSSR count). The first-order chi connectivity index (χ1) is 8.31. The van der Waals surface area contributed by atoms with Crippen molar-refractivity contribution in [3.05, 3.63) is 36.4 Å². The highest BCUT2D eigenvalue weighted by atomic mass is 16.7. The van der Waals surface area contributed by atoms with E-state index in [0.717, 1.165) is 30.5 Å². The second-order valence-electron chi connectivity index (χ2n) is 3.77. The molecule has 0 amide bonds. The van der Waals surface area contributed by atoms with Crippen LogP contribution in [0.25, 0.3) is 0 Å². The van der Waals surface area contributed by atoms with Gasteiger partial charge in [0.2, 0.25) is 0 Å². The number of para-hydroxylation sites is 1. The van der Waals surface area contributed by atoms with Crippen molar-refractivity contribution in [1.82, 2.24) is 0 Å². The average molecular weight is 228 g/mol. The number of carbonyl (C=O) groups excluding carboxylic acids is 1. The molecule has 87 valence electrons. The summed E-state index contributed by atoms with van der Waals surface area (Å²) < 4.78 is 0. The highest BCUT2D eigenvalue weighted by Gasteiger charge is 2.21. The number of carbonyl (C=O) groups is 1. The molecule has 0 aromatic heterocycles. The third-order valence-corrected chi connectivity index (χ3v) is 2.45. The maximum absolute atomic E-state index is 11.4. The molecule has 1 aliphatic heterocycles. The Labute approximate surface area is 101 Å². The fourth-order valence-corrected chi connectivity index (χ4v) is 1.64. The summed E-state index contributed by atoms with van der Waals surface area (Å²) in [5.74, 6) is 4.73. The van der Waals surface area contributed by atoms with Crippen molar-refractivity contribution in [2.45, 2.75) is 26.2 Å². The van der Waals surface area contributed by atoms with E-state index >= 15 is 0 Å². The number of hydrogen-bond acceptors (Lipinski definition) is 3. The van der Waals surface area contributed by atoms with Crippen molar-refractivity contribution in [1.29, 1.82) is 0 Å². The summed E-state index contributed by atoms with van der Waals surface area (Å²) in [6.45, 7) is 3.86. The van der Waals surface area contributed by atoms with Crippen LogP contribution in [0.1, 0.15) is 25.3 Å². The lowest BCUT2D eigenvalue weighted by molar-refractivity contribution is -0.137. The zero-order chi connectivity index (χ0) is 12.1. The third kappa shape index (κ3) is 2.79. The van der Waals surface area contributed by atoms with Crippen molar-refractivity contribution >= 4 is 11.7 Å². The number of hydrogen-bond donors (Lipinski definition) is 0. The van der Waals surface area contributed by atoms with Gasteiger partial charge < -0.3 is 4.84 Å². The van der Waals surface area contributed by atoms with Gasteiger partial charge in [-0.15, -0.1) is 0 Å². The van der Waals surface area contributed by atoms with E-state index in [1.54, 1.807) is 0 Å². The summed E-state index contributed by atoms with van der Waals surface area (Å²) in [6, 6.07) is 7.83. The molecule has 3 heteroatoms. The first-order valence-electron chi connectivity index (χ1n) is 5.72. The first kappa shape index (κ1) is 11.5. The molecule has 0 saturated carbocycles. The maximum atomic E-state index is 11.4. The van der Waals surface area contributed by atoms with E-state index in [2.05, 4.69) is 11.8 Å². The van der Waals surface area contributed by atoms with Gasteiger partial charge in [-0.1, -0.05) is 31.0 Å². The molecule has 0 bridgehead atoms. The Morgan fingerprint density at radius 1 is 1.47 bits per heavy atom. The number of rotatable bonds is 2. The largest absolute Gasteiger partial charge is 0.408 e. The molecule has 1 radical (unpaired) electrons. The van der Waals surface area contributed by atoms with E-state index in [1.165, 1.54) is 5.06 Å². The summed E-state index contributed by atoms with van der Waals surface area (Å²) in [5, 5.41) is 1.50. The Kier molecular flexibility index (Phi) is 3.66. The Bertz CT molecular complexity index is 471. The van der Waals surface area contributed by atoms with Crippen molar-refractivity contribution in [2.75, 3.05) is 5.06 Å². The van der Waals surface area contributed by atoms with Crippen LogP contribution >= 0.6 is 0 Å². The minimum Gasteiger partial charge on any atom is -0.328 e. The van der Waals surface area contributed by atoms with Gasteiger partial charge in [-0.25, -0.2) is 4.79 Å². The van der Waals surface area contributed by atoms with Crippen LogP contribution in [0.15, 0.2) is 24.3 Å². The van der Waals surface area contributed by atoms with Gasteiger partial charge in [-0.2, -0.15) is 5.06 Å². The van der Waals surface area contributed by atoms with Crippen molar-refractivity contribution in [3.63, 3.8) is 0 Å². The van der Waals surface area contributed by atoms with Crippen LogP contribution in [0.3, 0.4) is 0 Å².